The molecular weight excluding hydrogens is 810 g/mol. The van der Waals surface area contributed by atoms with Crippen LogP contribution in [-0.4, -0.2) is 68.5 Å². The van der Waals surface area contributed by atoms with Crippen LogP contribution in [0.5, 0.6) is 0 Å². The van der Waals surface area contributed by atoms with Gasteiger partial charge in [0.1, 0.15) is 12.6 Å². The lowest BCUT2D eigenvalue weighted by molar-refractivity contribution is -0.438. The molecule has 0 saturated carbocycles. The molecule has 0 bridgehead atoms. The maximum atomic E-state index is 12.5. The van der Waals surface area contributed by atoms with Crippen LogP contribution in [0.4, 0.5) is 11.4 Å². The average Bonchev–Trinajstić information content (AvgIpc) is 3.51. The van der Waals surface area contributed by atoms with Gasteiger partial charge in [-0.3, -0.25) is 9.59 Å². The number of nitrogens with one attached hydrogen (secondary N) is 1. The number of amides is 1. The standard InChI is InChI=1S/C44H50BrN3O8S/c1-43(2)33-23-22-31(45)28-36(33)48(25-13-12-20-39(49)46-34(42(52)53)29-40(50)51)37(43)18-8-6-5-7-9-19-38-44(3,4)41-32-17-11-10-16-30(32)21-24-35(41)47(38)26-14-15-27-57-56-55-54/h5-11,16-19,21-24,28,34H,12-15,20,25-27,29H2,1-4H3,(H3-,46,49,50,51,52,53,54)/p+1. The molecule has 302 valence electrons. The highest BCUT2D eigenvalue weighted by molar-refractivity contribution is 9.10. The monoisotopic (exact) mass is 860 g/mol. The molecule has 0 radical (unpaired) electrons. The number of nitrogens with zero attached hydrogens (tertiary/aromatic N) is 2. The number of carboxylic acid groups (broad SMARTS) is 2. The fraction of sp³-hybridized carbons (Fsp3) is 0.364. The Labute approximate surface area is 346 Å². The Morgan fingerprint density at radius 3 is 2.44 bits per heavy atom. The highest BCUT2D eigenvalue weighted by atomic mass is 79.9. The van der Waals surface area contributed by atoms with Crippen LogP contribution in [0.3, 0.4) is 0 Å². The summed E-state index contributed by atoms with van der Waals surface area (Å²) in [5, 5.41) is 35.2. The van der Waals surface area contributed by atoms with Crippen LogP contribution in [0.1, 0.15) is 77.3 Å². The highest BCUT2D eigenvalue weighted by Crippen LogP contribution is 2.49. The van der Waals surface area contributed by atoms with E-state index < -0.39 is 30.3 Å². The molecule has 13 heteroatoms. The van der Waals surface area contributed by atoms with Crippen molar-refractivity contribution in [3.63, 3.8) is 0 Å². The van der Waals surface area contributed by atoms with Gasteiger partial charge in [-0.25, -0.2) is 10.1 Å². The van der Waals surface area contributed by atoms with E-state index in [0.717, 1.165) is 47.3 Å². The minimum absolute atomic E-state index is 0.0931. The lowest BCUT2D eigenvalue weighted by Gasteiger charge is -2.27. The largest absolute Gasteiger partial charge is 0.481 e. The highest BCUT2D eigenvalue weighted by Gasteiger charge is 2.45. The van der Waals surface area contributed by atoms with E-state index in [0.29, 0.717) is 25.1 Å². The number of hydrogen-bond acceptors (Lipinski definition) is 8. The lowest BCUT2D eigenvalue weighted by atomic mass is 9.79. The predicted octanol–water partition coefficient (Wildman–Crippen LogP) is 9.39. The van der Waals surface area contributed by atoms with Crippen LogP contribution >= 0.6 is 28.0 Å². The van der Waals surface area contributed by atoms with Crippen LogP contribution < -0.4 is 10.2 Å². The number of benzene rings is 3. The number of aliphatic carboxylic acids is 2. The molecule has 1 atom stereocenters. The zero-order chi connectivity index (χ0) is 41.2. The number of anilines is 1. The van der Waals surface area contributed by atoms with Gasteiger partial charge in [0.15, 0.2) is 5.71 Å². The summed E-state index contributed by atoms with van der Waals surface area (Å²) < 4.78 is 7.94. The van der Waals surface area contributed by atoms with Crippen molar-refractivity contribution in [2.45, 2.75) is 83.1 Å². The third-order valence-electron chi connectivity index (χ3n) is 10.5. The van der Waals surface area contributed by atoms with E-state index in [9.17, 15) is 19.5 Å². The Kier molecular flexibility index (Phi) is 15.1. The first-order valence-corrected chi connectivity index (χ1v) is 20.8. The molecule has 57 heavy (non-hydrogen) atoms. The quantitative estimate of drug-likeness (QED) is 0.0216. The van der Waals surface area contributed by atoms with E-state index in [4.69, 9.17) is 10.4 Å². The van der Waals surface area contributed by atoms with Crippen molar-refractivity contribution in [3.05, 3.63) is 118 Å². The van der Waals surface area contributed by atoms with Gasteiger partial charge < -0.3 is 20.4 Å². The summed E-state index contributed by atoms with van der Waals surface area (Å²) in [5.74, 6) is -2.44. The molecule has 3 aromatic rings. The molecule has 2 aliphatic heterocycles. The van der Waals surface area contributed by atoms with Gasteiger partial charge in [-0.15, -0.1) is 4.33 Å². The molecule has 0 aromatic heterocycles. The van der Waals surface area contributed by atoms with Gasteiger partial charge in [-0.2, -0.15) is 4.58 Å². The van der Waals surface area contributed by atoms with E-state index in [2.05, 4.69) is 135 Å². The van der Waals surface area contributed by atoms with Gasteiger partial charge in [0.25, 0.3) is 0 Å². The molecule has 0 spiro atoms. The van der Waals surface area contributed by atoms with E-state index in [1.165, 1.54) is 33.3 Å². The molecule has 0 aliphatic carbocycles. The fourth-order valence-corrected chi connectivity index (χ4v) is 8.63. The van der Waals surface area contributed by atoms with Crippen LogP contribution in [-0.2, 0) is 34.6 Å². The topological polar surface area (TPSA) is 149 Å². The van der Waals surface area contributed by atoms with Gasteiger partial charge in [0.05, 0.1) is 11.8 Å². The minimum Gasteiger partial charge on any atom is -0.481 e. The van der Waals surface area contributed by atoms with Crippen molar-refractivity contribution in [2.75, 3.05) is 23.7 Å². The van der Waals surface area contributed by atoms with Gasteiger partial charge in [-0.05, 0) is 73.7 Å². The smallest absolute Gasteiger partial charge is 0.326 e. The second kappa shape index (κ2) is 19.8. The van der Waals surface area contributed by atoms with Crippen molar-refractivity contribution in [1.82, 2.24) is 5.32 Å². The summed E-state index contributed by atoms with van der Waals surface area (Å²) in [6, 6.07) is 17.8. The molecule has 0 saturated heterocycles. The zero-order valence-corrected chi connectivity index (χ0v) is 35.1. The third-order valence-corrected chi connectivity index (χ3v) is 11.7. The van der Waals surface area contributed by atoms with E-state index in [-0.39, 0.29) is 17.3 Å². The Hall–Kier alpha value is -4.53. The summed E-state index contributed by atoms with van der Waals surface area (Å²) in [5.41, 5.74) is 6.66. The number of halogens is 1. The Morgan fingerprint density at radius 2 is 1.68 bits per heavy atom. The molecule has 5 rings (SSSR count). The predicted molar refractivity (Wildman–Crippen MR) is 229 cm³/mol. The lowest BCUT2D eigenvalue weighted by Crippen LogP contribution is -2.42. The molecule has 2 aliphatic rings. The van der Waals surface area contributed by atoms with Crippen molar-refractivity contribution in [1.29, 1.82) is 0 Å². The molecule has 2 heterocycles. The van der Waals surface area contributed by atoms with Gasteiger partial charge >= 0.3 is 11.9 Å². The van der Waals surface area contributed by atoms with Crippen molar-refractivity contribution in [2.24, 2.45) is 0 Å². The van der Waals surface area contributed by atoms with Gasteiger partial charge in [-0.1, -0.05) is 95.5 Å². The average molecular weight is 862 g/mol. The fourth-order valence-electron chi connectivity index (χ4n) is 7.85. The first kappa shape index (κ1) is 43.6. The number of unbranched alkanes of at least 4 members (excludes halogenated alkanes) is 2. The van der Waals surface area contributed by atoms with Gasteiger partial charge in [0, 0.05) is 76.2 Å². The number of carbonyl (C=O) groups is 3. The summed E-state index contributed by atoms with van der Waals surface area (Å²) in [4.78, 5) is 37.1. The summed E-state index contributed by atoms with van der Waals surface area (Å²) >= 11 is 4.71. The van der Waals surface area contributed by atoms with Crippen LogP contribution in [0.25, 0.3) is 10.8 Å². The van der Waals surface area contributed by atoms with Crippen LogP contribution in [0, 0.1) is 0 Å². The maximum Gasteiger partial charge on any atom is 0.326 e. The minimum atomic E-state index is -1.46. The van der Waals surface area contributed by atoms with Crippen molar-refractivity contribution < 1.29 is 43.8 Å². The molecule has 1 amide bonds. The Bertz CT molecular complexity index is 2120. The van der Waals surface area contributed by atoms with Crippen LogP contribution in [0.2, 0.25) is 0 Å². The van der Waals surface area contributed by atoms with E-state index >= 15 is 0 Å². The summed E-state index contributed by atoms with van der Waals surface area (Å²) in [6.07, 6.45) is 17.0. The number of carbonyl (C=O) groups excluding carboxylic acids is 1. The number of rotatable bonds is 20. The SMILES string of the molecule is CC1(C)C(/C=C/C=C/C=C/C=C2/N(CCCCC(=O)NC(CC(=O)O)C(=O)O)c3cc(Br)ccc3C2(C)C)=[N+](CCCCSOOO)c2ccc3ccccc3c21. The first-order chi connectivity index (χ1) is 27.3. The van der Waals surface area contributed by atoms with Crippen molar-refractivity contribution in [3.8, 4) is 0 Å². The Morgan fingerprint density at radius 1 is 0.930 bits per heavy atom. The van der Waals surface area contributed by atoms with E-state index in [1.54, 1.807) is 0 Å². The molecule has 4 N–H and O–H groups in total. The van der Waals surface area contributed by atoms with Gasteiger partial charge in [0.2, 0.25) is 11.6 Å². The molecular formula is C44H51BrN3O8S+. The van der Waals surface area contributed by atoms with E-state index in [1.807, 2.05) is 30.4 Å². The number of fused-ring (bicyclic) bond motifs is 4. The summed E-state index contributed by atoms with van der Waals surface area (Å²) in [6.45, 7) is 10.4. The number of allylic oxidation sites excluding steroid dienone is 8. The molecule has 3 aromatic carbocycles. The third kappa shape index (κ3) is 10.5. The van der Waals surface area contributed by atoms with Crippen molar-refractivity contribution >= 4 is 73.7 Å². The number of hydrogen-bond donors (Lipinski definition) is 4. The first-order valence-electron chi connectivity index (χ1n) is 19.1. The molecule has 1 unspecified atom stereocenters. The normalized spacial score (nSPS) is 17.0. The second-order valence-corrected chi connectivity index (χ2v) is 16.8. The van der Waals surface area contributed by atoms with Crippen LogP contribution in [0.15, 0.2) is 107 Å². The second-order valence-electron chi connectivity index (χ2n) is 15.1. The maximum absolute atomic E-state index is 12.5. The summed E-state index contributed by atoms with van der Waals surface area (Å²) in [7, 11) is 0. The zero-order valence-electron chi connectivity index (χ0n) is 32.7. The molecule has 0 fully saturated rings. The number of carboxylic acids is 2. The Balaban J connectivity index is 1.29. The molecule has 11 nitrogen and oxygen atoms in total.